The summed E-state index contributed by atoms with van der Waals surface area (Å²) in [5, 5.41) is 7.90. The van der Waals surface area contributed by atoms with Crippen LogP contribution in [0.2, 0.25) is 0 Å². The Balaban J connectivity index is 1.80. The van der Waals surface area contributed by atoms with E-state index in [1.54, 1.807) is 18.3 Å². The van der Waals surface area contributed by atoms with Gasteiger partial charge in [0.2, 0.25) is 5.91 Å². The average Bonchev–Trinajstić information content (AvgIpc) is 3.08. The summed E-state index contributed by atoms with van der Waals surface area (Å²) in [5.74, 6) is 0.974. The minimum absolute atomic E-state index is 0.0397. The molecule has 0 radical (unpaired) electrons. The first kappa shape index (κ1) is 12.7. The standard InChI is InChI=1S/C14H18N2O2S/c1-10(17)16-14(11-6-3-2-4-7-11)18-13(15-16)12-8-5-9-19-12/h5,8-9,11,14H,2-4,6-7H2,1H3/t14-/m1/s1. The Hall–Kier alpha value is -1.36. The van der Waals surface area contributed by atoms with E-state index in [9.17, 15) is 4.79 Å². The summed E-state index contributed by atoms with van der Waals surface area (Å²) in [4.78, 5) is 12.7. The molecule has 1 saturated carbocycles. The number of thiophene rings is 1. The van der Waals surface area contributed by atoms with Crippen molar-refractivity contribution >= 4 is 23.1 Å². The lowest BCUT2D eigenvalue weighted by atomic mass is 9.88. The van der Waals surface area contributed by atoms with Crippen molar-refractivity contribution in [1.82, 2.24) is 5.01 Å². The Kier molecular flexibility index (Phi) is 3.55. The highest BCUT2D eigenvalue weighted by atomic mass is 32.1. The Bertz CT molecular complexity index is 478. The number of hydrogen-bond acceptors (Lipinski definition) is 4. The fourth-order valence-electron chi connectivity index (χ4n) is 2.82. The lowest BCUT2D eigenvalue weighted by Crippen LogP contribution is -2.39. The molecule has 0 saturated heterocycles. The van der Waals surface area contributed by atoms with Crippen molar-refractivity contribution in [3.8, 4) is 0 Å². The molecule has 4 nitrogen and oxygen atoms in total. The van der Waals surface area contributed by atoms with Gasteiger partial charge in [0.25, 0.3) is 5.90 Å². The molecule has 1 aromatic rings. The maximum Gasteiger partial charge on any atom is 0.251 e. The van der Waals surface area contributed by atoms with E-state index in [1.165, 1.54) is 24.3 Å². The predicted molar refractivity (Wildman–Crippen MR) is 74.8 cm³/mol. The van der Waals surface area contributed by atoms with Crippen LogP contribution >= 0.6 is 11.3 Å². The Morgan fingerprint density at radius 2 is 2.21 bits per heavy atom. The molecule has 0 bridgehead atoms. The lowest BCUT2D eigenvalue weighted by Gasteiger charge is -2.30. The van der Waals surface area contributed by atoms with Gasteiger partial charge < -0.3 is 4.74 Å². The van der Waals surface area contributed by atoms with Crippen molar-refractivity contribution in [3.63, 3.8) is 0 Å². The van der Waals surface area contributed by atoms with Gasteiger partial charge in [-0.3, -0.25) is 4.79 Å². The highest BCUT2D eigenvalue weighted by Crippen LogP contribution is 2.33. The zero-order chi connectivity index (χ0) is 13.2. The first-order valence-electron chi connectivity index (χ1n) is 6.84. The van der Waals surface area contributed by atoms with Crippen LogP contribution in [-0.2, 0) is 9.53 Å². The molecule has 3 rings (SSSR count). The molecule has 2 heterocycles. The monoisotopic (exact) mass is 278 g/mol. The van der Waals surface area contributed by atoms with E-state index < -0.39 is 0 Å². The van der Waals surface area contributed by atoms with Crippen LogP contribution in [0.3, 0.4) is 0 Å². The molecule has 5 heteroatoms. The highest BCUT2D eigenvalue weighted by molar-refractivity contribution is 7.12. The van der Waals surface area contributed by atoms with Crippen molar-refractivity contribution in [3.05, 3.63) is 22.4 Å². The van der Waals surface area contributed by atoms with E-state index in [-0.39, 0.29) is 12.1 Å². The van der Waals surface area contributed by atoms with Crippen LogP contribution in [-0.4, -0.2) is 23.0 Å². The minimum Gasteiger partial charge on any atom is -0.449 e. The molecule has 1 amide bonds. The van der Waals surface area contributed by atoms with Gasteiger partial charge in [0, 0.05) is 12.8 Å². The molecule has 1 aliphatic carbocycles. The van der Waals surface area contributed by atoms with Crippen molar-refractivity contribution in [1.29, 1.82) is 0 Å². The molecule has 0 aromatic carbocycles. The number of hydrazone groups is 1. The first-order chi connectivity index (χ1) is 9.25. The second-order valence-electron chi connectivity index (χ2n) is 5.15. The third-order valence-electron chi connectivity index (χ3n) is 3.78. The SMILES string of the molecule is CC(=O)N1N=C(c2cccs2)O[C@@H]1C1CCCCC1. The molecule has 19 heavy (non-hydrogen) atoms. The van der Waals surface area contributed by atoms with Gasteiger partial charge in [-0.05, 0) is 24.3 Å². The minimum atomic E-state index is -0.199. The van der Waals surface area contributed by atoms with E-state index in [0.29, 0.717) is 11.8 Å². The van der Waals surface area contributed by atoms with Crippen LogP contribution in [0.25, 0.3) is 0 Å². The second-order valence-corrected chi connectivity index (χ2v) is 6.10. The smallest absolute Gasteiger partial charge is 0.251 e. The van der Waals surface area contributed by atoms with Crippen LogP contribution < -0.4 is 0 Å². The fraction of sp³-hybridized carbons (Fsp3) is 0.571. The third kappa shape index (κ3) is 2.52. The summed E-state index contributed by atoms with van der Waals surface area (Å²) >= 11 is 1.59. The predicted octanol–water partition coefficient (Wildman–Crippen LogP) is 3.19. The largest absolute Gasteiger partial charge is 0.449 e. The topological polar surface area (TPSA) is 41.9 Å². The van der Waals surface area contributed by atoms with Gasteiger partial charge in [0.1, 0.15) is 0 Å². The van der Waals surface area contributed by atoms with Crippen LogP contribution in [0.1, 0.15) is 43.9 Å². The van der Waals surface area contributed by atoms with Gasteiger partial charge in [-0.25, -0.2) is 0 Å². The molecule has 1 fully saturated rings. The van der Waals surface area contributed by atoms with Crippen LogP contribution in [0.15, 0.2) is 22.6 Å². The van der Waals surface area contributed by atoms with Gasteiger partial charge >= 0.3 is 0 Å². The number of nitrogens with zero attached hydrogens (tertiary/aromatic N) is 2. The van der Waals surface area contributed by atoms with Gasteiger partial charge in [0.05, 0.1) is 4.88 Å². The average molecular weight is 278 g/mol. The molecular formula is C14H18N2O2S. The second kappa shape index (κ2) is 5.33. The lowest BCUT2D eigenvalue weighted by molar-refractivity contribution is -0.138. The van der Waals surface area contributed by atoms with E-state index in [2.05, 4.69) is 5.10 Å². The summed E-state index contributed by atoms with van der Waals surface area (Å²) in [6.07, 6.45) is 5.80. The quantitative estimate of drug-likeness (QED) is 0.833. The molecule has 0 spiro atoms. The number of hydrogen-bond donors (Lipinski definition) is 0. The van der Waals surface area contributed by atoms with Crippen molar-refractivity contribution in [2.24, 2.45) is 11.0 Å². The first-order valence-corrected chi connectivity index (χ1v) is 7.72. The maximum atomic E-state index is 11.8. The summed E-state index contributed by atoms with van der Waals surface area (Å²) in [7, 11) is 0. The Morgan fingerprint density at radius 3 is 2.84 bits per heavy atom. The van der Waals surface area contributed by atoms with Gasteiger partial charge in [0.15, 0.2) is 6.23 Å². The van der Waals surface area contributed by atoms with Crippen LogP contribution in [0, 0.1) is 5.92 Å². The molecule has 2 aliphatic rings. The molecule has 0 N–H and O–H groups in total. The van der Waals surface area contributed by atoms with Gasteiger partial charge in [-0.15, -0.1) is 16.4 Å². The number of ether oxygens (including phenoxy) is 1. The van der Waals surface area contributed by atoms with Crippen LogP contribution in [0.4, 0.5) is 0 Å². The molecule has 1 aromatic heterocycles. The Morgan fingerprint density at radius 1 is 1.42 bits per heavy atom. The van der Waals surface area contributed by atoms with E-state index in [1.807, 2.05) is 17.5 Å². The van der Waals surface area contributed by atoms with E-state index in [4.69, 9.17) is 4.74 Å². The van der Waals surface area contributed by atoms with Crippen LogP contribution in [0.5, 0.6) is 0 Å². The van der Waals surface area contributed by atoms with Gasteiger partial charge in [-0.1, -0.05) is 25.3 Å². The zero-order valence-electron chi connectivity index (χ0n) is 11.0. The van der Waals surface area contributed by atoms with Gasteiger partial charge in [-0.2, -0.15) is 5.01 Å². The summed E-state index contributed by atoms with van der Waals surface area (Å²) in [6.45, 7) is 1.56. The van der Waals surface area contributed by atoms with Crippen molar-refractivity contribution in [2.75, 3.05) is 0 Å². The summed E-state index contributed by atoms with van der Waals surface area (Å²) in [5.41, 5.74) is 0. The van der Waals surface area contributed by atoms with E-state index >= 15 is 0 Å². The summed E-state index contributed by atoms with van der Waals surface area (Å²) < 4.78 is 5.98. The number of carbonyl (C=O) groups excluding carboxylic acids is 1. The normalized spacial score (nSPS) is 24.2. The molecule has 1 aliphatic heterocycles. The molecular weight excluding hydrogens is 260 g/mol. The maximum absolute atomic E-state index is 11.8. The number of amides is 1. The third-order valence-corrected chi connectivity index (χ3v) is 4.64. The molecule has 102 valence electrons. The molecule has 1 atom stereocenters. The summed E-state index contributed by atoms with van der Waals surface area (Å²) in [6, 6.07) is 3.95. The van der Waals surface area contributed by atoms with Crippen molar-refractivity contribution in [2.45, 2.75) is 45.3 Å². The Labute approximate surface area is 117 Å². The highest BCUT2D eigenvalue weighted by Gasteiger charge is 2.38. The zero-order valence-corrected chi connectivity index (χ0v) is 11.9. The number of carbonyl (C=O) groups is 1. The van der Waals surface area contributed by atoms with E-state index in [0.717, 1.165) is 17.7 Å². The molecule has 0 unspecified atom stereocenters. The number of rotatable bonds is 2. The van der Waals surface area contributed by atoms with Crippen molar-refractivity contribution < 1.29 is 9.53 Å². The fourth-order valence-corrected chi connectivity index (χ4v) is 3.47.